The van der Waals surface area contributed by atoms with Gasteiger partial charge in [0, 0.05) is 6.04 Å². The minimum absolute atomic E-state index is 0.409. The molecular weight excluding hydrogens is 222 g/mol. The van der Waals surface area contributed by atoms with E-state index in [9.17, 15) is 5.11 Å². The lowest BCUT2D eigenvalue weighted by atomic mass is 9.81. The summed E-state index contributed by atoms with van der Waals surface area (Å²) < 4.78 is 0. The maximum absolute atomic E-state index is 9.58. The summed E-state index contributed by atoms with van der Waals surface area (Å²) in [5.74, 6) is 1.31. The molecule has 1 saturated carbocycles. The van der Waals surface area contributed by atoms with E-state index in [-0.39, 0.29) is 0 Å². The summed E-state index contributed by atoms with van der Waals surface area (Å²) in [6, 6.07) is 6.41. The van der Waals surface area contributed by atoms with Crippen molar-refractivity contribution in [3.63, 3.8) is 0 Å². The predicted molar refractivity (Wildman–Crippen MR) is 73.7 cm³/mol. The van der Waals surface area contributed by atoms with Gasteiger partial charge in [0.1, 0.15) is 5.75 Å². The number of aromatic hydroxyl groups is 1. The van der Waals surface area contributed by atoms with Gasteiger partial charge >= 0.3 is 0 Å². The van der Waals surface area contributed by atoms with Gasteiger partial charge in [0.25, 0.3) is 0 Å². The van der Waals surface area contributed by atoms with Gasteiger partial charge in [-0.1, -0.05) is 38.2 Å². The number of hydrogen-bond acceptors (Lipinski definition) is 2. The van der Waals surface area contributed by atoms with E-state index in [1.807, 2.05) is 12.1 Å². The maximum Gasteiger partial charge on any atom is 0.115 e. The maximum atomic E-state index is 9.58. The number of benzene rings is 1. The Balaban J connectivity index is 1.74. The van der Waals surface area contributed by atoms with E-state index < -0.39 is 0 Å². The van der Waals surface area contributed by atoms with Crippen molar-refractivity contribution in [3.05, 3.63) is 29.3 Å². The highest BCUT2D eigenvalue weighted by Crippen LogP contribution is 2.35. The van der Waals surface area contributed by atoms with Gasteiger partial charge in [-0.05, 0) is 48.6 Å². The van der Waals surface area contributed by atoms with Crippen molar-refractivity contribution >= 4 is 0 Å². The molecule has 2 heteroatoms. The van der Waals surface area contributed by atoms with E-state index >= 15 is 0 Å². The summed E-state index contributed by atoms with van der Waals surface area (Å²) in [4.78, 5) is 0. The molecule has 3 rings (SSSR count). The molecule has 0 bridgehead atoms. The molecule has 0 saturated heterocycles. The molecule has 0 amide bonds. The number of rotatable bonds is 2. The first kappa shape index (κ1) is 12.0. The number of phenols is 1. The minimum Gasteiger partial charge on any atom is -0.508 e. The summed E-state index contributed by atoms with van der Waals surface area (Å²) >= 11 is 0. The monoisotopic (exact) mass is 245 g/mol. The Morgan fingerprint density at radius 2 is 2.00 bits per heavy atom. The van der Waals surface area contributed by atoms with Crippen LogP contribution in [0.15, 0.2) is 18.2 Å². The quantitative estimate of drug-likeness (QED) is 0.835. The van der Waals surface area contributed by atoms with Gasteiger partial charge in [-0.3, -0.25) is 0 Å². The van der Waals surface area contributed by atoms with Gasteiger partial charge in [-0.15, -0.1) is 0 Å². The minimum atomic E-state index is 0.409. The van der Waals surface area contributed by atoms with Crippen LogP contribution in [-0.2, 0) is 6.42 Å². The number of phenolic OH excluding ortho intramolecular Hbond substituents is 1. The molecule has 1 aliphatic carbocycles. The van der Waals surface area contributed by atoms with E-state index in [1.165, 1.54) is 49.7 Å². The van der Waals surface area contributed by atoms with Crippen molar-refractivity contribution in [1.82, 2.24) is 5.32 Å². The van der Waals surface area contributed by atoms with Crippen molar-refractivity contribution in [2.75, 3.05) is 6.54 Å². The third-order valence-corrected chi connectivity index (χ3v) is 4.58. The zero-order valence-electron chi connectivity index (χ0n) is 11.0. The summed E-state index contributed by atoms with van der Waals surface area (Å²) in [5.41, 5.74) is 2.76. The highest BCUT2D eigenvalue weighted by atomic mass is 16.3. The van der Waals surface area contributed by atoms with Crippen LogP contribution in [0.25, 0.3) is 0 Å². The lowest BCUT2D eigenvalue weighted by Gasteiger charge is -2.31. The normalized spacial score (nSPS) is 24.8. The molecule has 1 unspecified atom stereocenters. The average molecular weight is 245 g/mol. The first-order valence-corrected chi connectivity index (χ1v) is 7.38. The second kappa shape index (κ2) is 5.31. The van der Waals surface area contributed by atoms with E-state index in [1.54, 1.807) is 0 Å². The standard InChI is InChI=1S/C16H23NO/c18-14-6-7-15-13(11-14)8-9-17-16(15)10-12-4-2-1-3-5-12/h6-7,11-12,16-18H,1-5,8-10H2. The van der Waals surface area contributed by atoms with Gasteiger partial charge in [0.2, 0.25) is 0 Å². The van der Waals surface area contributed by atoms with Gasteiger partial charge in [-0.2, -0.15) is 0 Å². The first-order chi connectivity index (χ1) is 8.83. The van der Waals surface area contributed by atoms with Crippen molar-refractivity contribution in [2.45, 2.75) is 51.0 Å². The molecule has 1 atom stereocenters. The Morgan fingerprint density at radius 1 is 1.17 bits per heavy atom. The molecule has 0 aromatic heterocycles. The van der Waals surface area contributed by atoms with Crippen LogP contribution >= 0.6 is 0 Å². The Morgan fingerprint density at radius 3 is 2.83 bits per heavy atom. The van der Waals surface area contributed by atoms with Crippen molar-refractivity contribution in [1.29, 1.82) is 0 Å². The van der Waals surface area contributed by atoms with Gasteiger partial charge < -0.3 is 10.4 Å². The van der Waals surface area contributed by atoms with Crippen LogP contribution in [0, 0.1) is 5.92 Å². The molecular formula is C16H23NO. The summed E-state index contributed by atoms with van der Waals surface area (Å²) in [6.45, 7) is 1.05. The molecule has 2 nitrogen and oxygen atoms in total. The van der Waals surface area contributed by atoms with Gasteiger partial charge in [0.05, 0.1) is 0 Å². The second-order valence-electron chi connectivity index (χ2n) is 5.88. The zero-order chi connectivity index (χ0) is 12.4. The van der Waals surface area contributed by atoms with E-state index in [0.29, 0.717) is 11.8 Å². The summed E-state index contributed by atoms with van der Waals surface area (Å²) in [5, 5.41) is 13.2. The third kappa shape index (κ3) is 2.54. The van der Waals surface area contributed by atoms with E-state index in [4.69, 9.17) is 0 Å². The van der Waals surface area contributed by atoms with Crippen molar-refractivity contribution < 1.29 is 5.11 Å². The third-order valence-electron chi connectivity index (χ3n) is 4.58. The molecule has 1 aromatic carbocycles. The molecule has 1 aliphatic heterocycles. The van der Waals surface area contributed by atoms with E-state index in [0.717, 1.165) is 18.9 Å². The van der Waals surface area contributed by atoms with Crippen LogP contribution in [0.5, 0.6) is 5.75 Å². The molecule has 1 aromatic rings. The van der Waals surface area contributed by atoms with E-state index in [2.05, 4.69) is 11.4 Å². The van der Waals surface area contributed by atoms with Crippen molar-refractivity contribution in [2.24, 2.45) is 5.92 Å². The Hall–Kier alpha value is -1.02. The van der Waals surface area contributed by atoms with Crippen LogP contribution in [0.2, 0.25) is 0 Å². The first-order valence-electron chi connectivity index (χ1n) is 7.38. The lowest BCUT2D eigenvalue weighted by molar-refractivity contribution is 0.295. The average Bonchev–Trinajstić information content (AvgIpc) is 2.40. The number of hydrogen-bond donors (Lipinski definition) is 2. The molecule has 0 radical (unpaired) electrons. The fraction of sp³-hybridized carbons (Fsp3) is 0.625. The molecule has 18 heavy (non-hydrogen) atoms. The topological polar surface area (TPSA) is 32.3 Å². The summed E-state index contributed by atoms with van der Waals surface area (Å²) in [7, 11) is 0. The van der Waals surface area contributed by atoms with Crippen LogP contribution < -0.4 is 5.32 Å². The largest absolute Gasteiger partial charge is 0.508 e. The van der Waals surface area contributed by atoms with Crippen LogP contribution in [0.1, 0.15) is 55.7 Å². The Labute approximate surface area is 109 Å². The van der Waals surface area contributed by atoms with Crippen molar-refractivity contribution in [3.8, 4) is 5.75 Å². The predicted octanol–water partition coefficient (Wildman–Crippen LogP) is 3.55. The molecule has 0 spiro atoms. The Kier molecular flexibility index (Phi) is 3.55. The van der Waals surface area contributed by atoms with Gasteiger partial charge in [-0.25, -0.2) is 0 Å². The number of fused-ring (bicyclic) bond motifs is 1. The molecule has 98 valence electrons. The zero-order valence-corrected chi connectivity index (χ0v) is 11.0. The number of nitrogens with one attached hydrogen (secondary N) is 1. The van der Waals surface area contributed by atoms with Gasteiger partial charge in [0.15, 0.2) is 0 Å². The molecule has 2 N–H and O–H groups in total. The van der Waals surface area contributed by atoms with Crippen LogP contribution in [0.3, 0.4) is 0 Å². The lowest BCUT2D eigenvalue weighted by Crippen LogP contribution is -2.31. The molecule has 1 heterocycles. The van der Waals surface area contributed by atoms with Crippen LogP contribution in [0.4, 0.5) is 0 Å². The fourth-order valence-corrected chi connectivity index (χ4v) is 3.61. The fourth-order valence-electron chi connectivity index (χ4n) is 3.61. The van der Waals surface area contributed by atoms with Crippen LogP contribution in [-0.4, -0.2) is 11.7 Å². The molecule has 2 aliphatic rings. The second-order valence-corrected chi connectivity index (χ2v) is 5.88. The summed E-state index contributed by atoms with van der Waals surface area (Å²) in [6.07, 6.45) is 9.40. The molecule has 1 fully saturated rings. The highest BCUT2D eigenvalue weighted by Gasteiger charge is 2.24. The highest BCUT2D eigenvalue weighted by molar-refractivity contribution is 5.38. The SMILES string of the molecule is Oc1ccc2c(c1)CCNC2CC1CCCCC1. The Bertz CT molecular complexity index is 410. The smallest absolute Gasteiger partial charge is 0.115 e.